The van der Waals surface area contributed by atoms with Crippen molar-refractivity contribution in [2.24, 2.45) is 0 Å². The van der Waals surface area contributed by atoms with Crippen LogP contribution in [0.5, 0.6) is 11.5 Å². The molecule has 1 N–H and O–H groups in total. The highest BCUT2D eigenvalue weighted by molar-refractivity contribution is 7.89. The zero-order chi connectivity index (χ0) is 20.1. The summed E-state index contributed by atoms with van der Waals surface area (Å²) in [5, 5.41) is 8.24. The van der Waals surface area contributed by atoms with E-state index in [1.807, 2.05) is 0 Å². The maximum Gasteiger partial charge on any atom is 0.266 e. The molecule has 1 aromatic carbocycles. The van der Waals surface area contributed by atoms with Crippen molar-refractivity contribution in [1.82, 2.24) is 24.3 Å². The third-order valence-electron chi connectivity index (χ3n) is 3.87. The summed E-state index contributed by atoms with van der Waals surface area (Å²) in [7, 11) is -0.913. The summed E-state index contributed by atoms with van der Waals surface area (Å²) in [6.45, 7) is 0.0343. The normalized spacial score (nSPS) is 11.4. The van der Waals surface area contributed by atoms with Crippen LogP contribution in [0.4, 0.5) is 0 Å². The van der Waals surface area contributed by atoms with Crippen molar-refractivity contribution in [3.05, 3.63) is 59.1 Å². The summed E-state index contributed by atoms with van der Waals surface area (Å²) in [6.07, 6.45) is 3.28. The Kier molecular flexibility index (Phi) is 5.76. The van der Waals surface area contributed by atoms with E-state index >= 15 is 0 Å². The van der Waals surface area contributed by atoms with Crippen LogP contribution in [-0.4, -0.2) is 48.7 Å². The van der Waals surface area contributed by atoms with E-state index in [-0.39, 0.29) is 23.5 Å². The molecule has 148 valence electrons. The number of hydrogen-bond acceptors (Lipinski definition) is 7. The number of ether oxygens (including phenoxy) is 2. The van der Waals surface area contributed by atoms with Crippen molar-refractivity contribution in [1.29, 1.82) is 0 Å². The highest BCUT2D eigenvalue weighted by Crippen LogP contribution is 2.29. The van der Waals surface area contributed by atoms with Crippen molar-refractivity contribution >= 4 is 10.0 Å². The Morgan fingerprint density at radius 2 is 1.89 bits per heavy atom. The topological polar surface area (TPSA) is 117 Å². The lowest BCUT2D eigenvalue weighted by atomic mass is 10.3. The minimum Gasteiger partial charge on any atom is -0.493 e. The summed E-state index contributed by atoms with van der Waals surface area (Å²) >= 11 is 0. The molecule has 2 aromatic heterocycles. The van der Waals surface area contributed by atoms with E-state index in [1.54, 1.807) is 24.5 Å². The third-order valence-corrected chi connectivity index (χ3v) is 5.33. The van der Waals surface area contributed by atoms with Crippen molar-refractivity contribution in [3.8, 4) is 17.3 Å². The fraction of sp³-hybridized carbons (Fsp3) is 0.235. The van der Waals surface area contributed by atoms with Crippen molar-refractivity contribution in [2.75, 3.05) is 20.8 Å². The van der Waals surface area contributed by atoms with Crippen LogP contribution >= 0.6 is 0 Å². The molecular weight excluding hydrogens is 386 g/mol. The number of hydrogen-bond donors (Lipinski definition) is 1. The fourth-order valence-corrected chi connectivity index (χ4v) is 3.51. The SMILES string of the molecule is COc1ccc(S(=O)(=O)NCCn2nc(-n3cccn3)ccc2=O)cc1OC. The third kappa shape index (κ3) is 4.21. The van der Waals surface area contributed by atoms with Gasteiger partial charge in [-0.25, -0.2) is 22.5 Å². The summed E-state index contributed by atoms with van der Waals surface area (Å²) in [6, 6.07) is 8.91. The first kappa shape index (κ1) is 19.6. The average molecular weight is 405 g/mol. The highest BCUT2D eigenvalue weighted by atomic mass is 32.2. The van der Waals surface area contributed by atoms with Crippen molar-refractivity contribution < 1.29 is 17.9 Å². The van der Waals surface area contributed by atoms with Gasteiger partial charge in [-0.2, -0.15) is 5.10 Å². The van der Waals surface area contributed by atoms with Crippen LogP contribution in [0.1, 0.15) is 0 Å². The second-order valence-electron chi connectivity index (χ2n) is 5.62. The molecule has 0 saturated heterocycles. The Morgan fingerprint density at radius 3 is 2.57 bits per heavy atom. The van der Waals surface area contributed by atoms with E-state index in [0.717, 1.165) is 0 Å². The van der Waals surface area contributed by atoms with Crippen LogP contribution in [0, 0.1) is 0 Å². The van der Waals surface area contributed by atoms with Crippen LogP contribution in [0.3, 0.4) is 0 Å². The van der Waals surface area contributed by atoms with Gasteiger partial charge >= 0.3 is 0 Å². The van der Waals surface area contributed by atoms with Crippen LogP contribution in [-0.2, 0) is 16.6 Å². The lowest BCUT2D eigenvalue weighted by Gasteiger charge is -2.11. The van der Waals surface area contributed by atoms with Crippen LogP contribution in [0.2, 0.25) is 0 Å². The van der Waals surface area contributed by atoms with Gasteiger partial charge in [-0.05, 0) is 24.3 Å². The first-order chi connectivity index (χ1) is 13.4. The number of sulfonamides is 1. The van der Waals surface area contributed by atoms with Crippen molar-refractivity contribution in [2.45, 2.75) is 11.4 Å². The summed E-state index contributed by atoms with van der Waals surface area (Å²) in [5.41, 5.74) is -0.346. The van der Waals surface area contributed by atoms with E-state index in [9.17, 15) is 13.2 Å². The molecule has 0 spiro atoms. The van der Waals surface area contributed by atoms with Gasteiger partial charge in [-0.3, -0.25) is 4.79 Å². The van der Waals surface area contributed by atoms with Gasteiger partial charge in [0.25, 0.3) is 5.56 Å². The van der Waals surface area contributed by atoms with Gasteiger partial charge in [0.15, 0.2) is 17.3 Å². The second-order valence-corrected chi connectivity index (χ2v) is 7.39. The van der Waals surface area contributed by atoms with Crippen molar-refractivity contribution in [3.63, 3.8) is 0 Å². The molecule has 28 heavy (non-hydrogen) atoms. The number of nitrogens with one attached hydrogen (secondary N) is 1. The first-order valence-electron chi connectivity index (χ1n) is 8.24. The predicted octanol–water partition coefficient (Wildman–Crippen LogP) is 0.425. The molecule has 2 heterocycles. The molecule has 0 aliphatic rings. The van der Waals surface area contributed by atoms with Gasteiger partial charge < -0.3 is 9.47 Å². The number of aromatic nitrogens is 4. The maximum atomic E-state index is 12.5. The zero-order valence-corrected chi connectivity index (χ0v) is 16.1. The Hall–Kier alpha value is -3.18. The number of methoxy groups -OCH3 is 2. The van der Waals surface area contributed by atoms with Gasteiger partial charge in [-0.15, -0.1) is 5.10 Å². The number of nitrogens with zero attached hydrogens (tertiary/aromatic N) is 4. The quantitative estimate of drug-likeness (QED) is 0.577. The molecule has 0 aliphatic heterocycles. The van der Waals surface area contributed by atoms with Gasteiger partial charge in [-0.1, -0.05) is 0 Å². The van der Waals surface area contributed by atoms with E-state index in [4.69, 9.17) is 9.47 Å². The maximum absolute atomic E-state index is 12.5. The molecule has 11 heteroatoms. The van der Waals surface area contributed by atoms with E-state index in [1.165, 1.54) is 47.8 Å². The minimum atomic E-state index is -3.80. The lowest BCUT2D eigenvalue weighted by Crippen LogP contribution is -2.32. The predicted molar refractivity (Wildman–Crippen MR) is 100 cm³/mol. The molecule has 10 nitrogen and oxygen atoms in total. The average Bonchev–Trinajstić information content (AvgIpc) is 3.23. The molecule has 0 aliphatic carbocycles. The first-order valence-corrected chi connectivity index (χ1v) is 9.73. The van der Waals surface area contributed by atoms with Crippen LogP contribution in [0.15, 0.2) is 58.5 Å². The molecule has 3 rings (SSSR count). The highest BCUT2D eigenvalue weighted by Gasteiger charge is 2.17. The monoisotopic (exact) mass is 405 g/mol. The number of rotatable bonds is 8. The largest absolute Gasteiger partial charge is 0.493 e. The molecular formula is C17H19N5O5S. The molecule has 0 saturated carbocycles. The fourth-order valence-electron chi connectivity index (χ4n) is 2.48. The molecule has 0 radical (unpaired) electrons. The van der Waals surface area contributed by atoms with E-state index < -0.39 is 10.0 Å². The van der Waals surface area contributed by atoms with Gasteiger partial charge in [0.2, 0.25) is 10.0 Å². The van der Waals surface area contributed by atoms with Gasteiger partial charge in [0, 0.05) is 31.1 Å². The van der Waals surface area contributed by atoms with E-state index in [0.29, 0.717) is 17.3 Å². The van der Waals surface area contributed by atoms with Gasteiger partial charge in [0.1, 0.15) is 0 Å². The summed E-state index contributed by atoms with van der Waals surface area (Å²) in [5.74, 6) is 1.18. The Balaban J connectivity index is 1.72. The minimum absolute atomic E-state index is 0.0217. The van der Waals surface area contributed by atoms with Crippen LogP contribution in [0.25, 0.3) is 5.82 Å². The summed E-state index contributed by atoms with van der Waals surface area (Å²) in [4.78, 5) is 12.0. The van der Waals surface area contributed by atoms with Gasteiger partial charge in [0.05, 0.1) is 25.7 Å². The molecule has 0 amide bonds. The molecule has 3 aromatic rings. The Morgan fingerprint density at radius 1 is 1.11 bits per heavy atom. The van der Waals surface area contributed by atoms with Crippen LogP contribution < -0.4 is 19.8 Å². The van der Waals surface area contributed by atoms with E-state index in [2.05, 4.69) is 14.9 Å². The second kappa shape index (κ2) is 8.23. The Labute approximate surface area is 161 Å². The summed E-state index contributed by atoms with van der Waals surface area (Å²) < 4.78 is 40.4. The molecule has 0 bridgehead atoms. The molecule has 0 unspecified atom stereocenters. The lowest BCUT2D eigenvalue weighted by molar-refractivity contribution is 0.354. The smallest absolute Gasteiger partial charge is 0.266 e. The zero-order valence-electron chi connectivity index (χ0n) is 15.3. The number of benzene rings is 1. The molecule has 0 fully saturated rings. The standard InChI is InChI=1S/C17H19N5O5S/c1-26-14-5-4-13(12-15(14)27-2)28(24,25)19-9-11-22-17(23)7-6-16(20-22)21-10-3-8-18-21/h3-8,10,12,19H,9,11H2,1-2H3. The molecule has 0 atom stereocenters. The Bertz CT molecular complexity index is 1110.